The summed E-state index contributed by atoms with van der Waals surface area (Å²) >= 11 is 0. The number of carbonyl (C=O) groups is 1. The number of esters is 1. The lowest BCUT2D eigenvalue weighted by Gasteiger charge is -2.08. The van der Waals surface area contributed by atoms with Gasteiger partial charge in [-0.15, -0.1) is 0 Å². The topological polar surface area (TPSA) is 66.8 Å². The van der Waals surface area contributed by atoms with Crippen LogP contribution in [0.4, 0.5) is 0 Å². The number of hydrogen-bond acceptors (Lipinski definition) is 4. The van der Waals surface area contributed by atoms with Gasteiger partial charge in [-0.3, -0.25) is 4.79 Å². The zero-order valence-corrected chi connectivity index (χ0v) is 7.37. The predicted octanol–water partition coefficient (Wildman–Crippen LogP) is 1.33. The van der Waals surface area contributed by atoms with Crippen LogP contribution >= 0.6 is 0 Å². The molecule has 70 valence electrons. The maximum atomic E-state index is 10.6. The van der Waals surface area contributed by atoms with Crippen LogP contribution in [-0.4, -0.2) is 16.2 Å². The molecule has 1 aromatic rings. The van der Waals surface area contributed by atoms with Crippen molar-refractivity contribution in [2.24, 2.45) is 0 Å². The Bertz CT molecular complexity index is 344. The van der Waals surface area contributed by atoms with Crippen LogP contribution in [0.25, 0.3) is 0 Å². The molecule has 4 heteroatoms. The third kappa shape index (κ3) is 1.90. The quantitative estimate of drug-likeness (QED) is 0.390. The molecule has 0 aromatic heterocycles. The smallest absolute Gasteiger partial charge is 0.308 e. The van der Waals surface area contributed by atoms with E-state index in [1.165, 1.54) is 19.1 Å². The first-order valence-electron chi connectivity index (χ1n) is 3.72. The maximum absolute atomic E-state index is 10.6. The minimum atomic E-state index is -0.538. The lowest BCUT2D eigenvalue weighted by molar-refractivity contribution is -0.132. The highest BCUT2D eigenvalue weighted by molar-refractivity contribution is 5.71. The van der Waals surface area contributed by atoms with Crippen molar-refractivity contribution in [2.75, 3.05) is 0 Å². The minimum absolute atomic E-state index is 0.00694. The third-order valence-electron chi connectivity index (χ3n) is 1.60. The minimum Gasteiger partial charge on any atom is -0.508 e. The maximum Gasteiger partial charge on any atom is 0.308 e. The molecule has 1 aromatic carbocycles. The Morgan fingerprint density at radius 1 is 1.31 bits per heavy atom. The van der Waals surface area contributed by atoms with Crippen LogP contribution in [0, 0.1) is 6.92 Å². The second-order valence-electron chi connectivity index (χ2n) is 2.65. The van der Waals surface area contributed by atoms with Gasteiger partial charge in [-0.1, -0.05) is 0 Å². The second kappa shape index (κ2) is 3.35. The Balaban J connectivity index is 3.17. The van der Waals surface area contributed by atoms with Crippen LogP contribution in [0.2, 0.25) is 0 Å². The van der Waals surface area contributed by atoms with Crippen LogP contribution < -0.4 is 4.74 Å². The Morgan fingerprint density at radius 3 is 2.38 bits per heavy atom. The Labute approximate surface area is 75.4 Å². The van der Waals surface area contributed by atoms with Gasteiger partial charge in [0, 0.05) is 12.5 Å². The van der Waals surface area contributed by atoms with Crippen molar-refractivity contribution in [3.05, 3.63) is 17.7 Å². The molecule has 0 spiro atoms. The number of phenolic OH excluding ortho intramolecular Hbond substituents is 2. The standard InChI is InChI=1S/C9H10O4/c1-5-7(11)3-4-8(12)9(5)13-6(2)10/h3-4,11-12H,1-2H3. The van der Waals surface area contributed by atoms with Crippen molar-refractivity contribution in [3.8, 4) is 17.2 Å². The predicted molar refractivity (Wildman–Crippen MR) is 45.8 cm³/mol. The molecule has 0 atom stereocenters. The molecular weight excluding hydrogens is 172 g/mol. The fourth-order valence-electron chi connectivity index (χ4n) is 0.940. The van der Waals surface area contributed by atoms with Crippen LogP contribution in [0.15, 0.2) is 12.1 Å². The van der Waals surface area contributed by atoms with Crippen molar-refractivity contribution in [3.63, 3.8) is 0 Å². The largest absolute Gasteiger partial charge is 0.508 e. The molecule has 0 aliphatic heterocycles. The highest BCUT2D eigenvalue weighted by atomic mass is 16.5. The summed E-state index contributed by atoms with van der Waals surface area (Å²) < 4.78 is 4.71. The number of rotatable bonds is 1. The molecule has 0 aliphatic rings. The first-order valence-corrected chi connectivity index (χ1v) is 3.72. The van der Waals surface area contributed by atoms with Gasteiger partial charge in [-0.25, -0.2) is 0 Å². The summed E-state index contributed by atoms with van der Waals surface area (Å²) in [5.74, 6) is -0.712. The zero-order chi connectivity index (χ0) is 10.0. The molecule has 0 amide bonds. The number of phenols is 2. The first kappa shape index (κ1) is 9.38. The summed E-state index contributed by atoms with van der Waals surface area (Å²) in [6.45, 7) is 2.77. The molecule has 0 aliphatic carbocycles. The summed E-state index contributed by atoms with van der Waals surface area (Å²) in [5.41, 5.74) is 0.343. The fraction of sp³-hybridized carbons (Fsp3) is 0.222. The molecule has 0 radical (unpaired) electrons. The summed E-state index contributed by atoms with van der Waals surface area (Å²) in [6.07, 6.45) is 0. The van der Waals surface area contributed by atoms with E-state index in [1.807, 2.05) is 0 Å². The lowest BCUT2D eigenvalue weighted by atomic mass is 10.2. The average Bonchev–Trinajstić information content (AvgIpc) is 2.05. The number of hydrogen-bond donors (Lipinski definition) is 2. The molecule has 2 N–H and O–H groups in total. The molecule has 0 unspecified atom stereocenters. The van der Waals surface area contributed by atoms with Gasteiger partial charge in [0.25, 0.3) is 0 Å². The molecule has 0 saturated carbocycles. The SMILES string of the molecule is CC(=O)Oc1c(O)ccc(O)c1C. The van der Waals surface area contributed by atoms with E-state index in [-0.39, 0.29) is 17.2 Å². The Hall–Kier alpha value is -1.71. The van der Waals surface area contributed by atoms with E-state index in [1.54, 1.807) is 6.92 Å². The summed E-state index contributed by atoms with van der Waals surface area (Å²) in [5, 5.41) is 18.5. The highest BCUT2D eigenvalue weighted by Crippen LogP contribution is 2.35. The van der Waals surface area contributed by atoms with Gasteiger partial charge in [0.15, 0.2) is 11.5 Å². The van der Waals surface area contributed by atoms with E-state index in [0.29, 0.717) is 5.56 Å². The summed E-state index contributed by atoms with van der Waals surface area (Å²) in [7, 11) is 0. The van der Waals surface area contributed by atoms with E-state index < -0.39 is 5.97 Å². The van der Waals surface area contributed by atoms with E-state index in [9.17, 15) is 15.0 Å². The zero-order valence-electron chi connectivity index (χ0n) is 7.37. The fourth-order valence-corrected chi connectivity index (χ4v) is 0.940. The van der Waals surface area contributed by atoms with Crippen LogP contribution in [-0.2, 0) is 4.79 Å². The van der Waals surface area contributed by atoms with Gasteiger partial charge in [-0.2, -0.15) is 0 Å². The first-order chi connectivity index (χ1) is 6.02. The third-order valence-corrected chi connectivity index (χ3v) is 1.60. The molecule has 1 rings (SSSR count). The lowest BCUT2D eigenvalue weighted by Crippen LogP contribution is -2.03. The molecular formula is C9H10O4. The molecule has 13 heavy (non-hydrogen) atoms. The van der Waals surface area contributed by atoms with Crippen LogP contribution in [0.3, 0.4) is 0 Å². The molecule has 0 bridgehead atoms. The molecule has 4 nitrogen and oxygen atoms in total. The average molecular weight is 182 g/mol. The van der Waals surface area contributed by atoms with Gasteiger partial charge in [0.2, 0.25) is 0 Å². The van der Waals surface area contributed by atoms with E-state index >= 15 is 0 Å². The normalized spacial score (nSPS) is 9.69. The van der Waals surface area contributed by atoms with Gasteiger partial charge < -0.3 is 14.9 Å². The Kier molecular flexibility index (Phi) is 2.41. The van der Waals surface area contributed by atoms with Crippen molar-refractivity contribution in [1.29, 1.82) is 0 Å². The number of carbonyl (C=O) groups excluding carboxylic acids is 1. The van der Waals surface area contributed by atoms with Crippen molar-refractivity contribution >= 4 is 5.97 Å². The summed E-state index contributed by atoms with van der Waals surface area (Å²) in [4.78, 5) is 10.6. The van der Waals surface area contributed by atoms with Gasteiger partial charge in [-0.05, 0) is 19.1 Å². The van der Waals surface area contributed by atoms with E-state index in [2.05, 4.69) is 0 Å². The van der Waals surface area contributed by atoms with Gasteiger partial charge >= 0.3 is 5.97 Å². The van der Waals surface area contributed by atoms with E-state index in [4.69, 9.17) is 4.74 Å². The van der Waals surface area contributed by atoms with Crippen molar-refractivity contribution in [1.82, 2.24) is 0 Å². The Morgan fingerprint density at radius 2 is 1.85 bits per heavy atom. The number of aromatic hydroxyl groups is 2. The van der Waals surface area contributed by atoms with E-state index in [0.717, 1.165) is 0 Å². The van der Waals surface area contributed by atoms with Crippen molar-refractivity contribution in [2.45, 2.75) is 13.8 Å². The summed E-state index contributed by atoms with van der Waals surface area (Å²) in [6, 6.07) is 2.60. The van der Waals surface area contributed by atoms with Crippen LogP contribution in [0.1, 0.15) is 12.5 Å². The van der Waals surface area contributed by atoms with Gasteiger partial charge in [0.1, 0.15) is 5.75 Å². The molecule has 0 fully saturated rings. The number of ether oxygens (including phenoxy) is 1. The van der Waals surface area contributed by atoms with Gasteiger partial charge in [0.05, 0.1) is 0 Å². The van der Waals surface area contributed by atoms with Crippen molar-refractivity contribution < 1.29 is 19.7 Å². The highest BCUT2D eigenvalue weighted by Gasteiger charge is 2.11. The molecule has 0 heterocycles. The second-order valence-corrected chi connectivity index (χ2v) is 2.65. The molecule has 0 saturated heterocycles. The number of benzene rings is 1. The monoisotopic (exact) mass is 182 g/mol. The van der Waals surface area contributed by atoms with Crippen LogP contribution in [0.5, 0.6) is 17.2 Å².